The molecule has 1 atom stereocenters. The summed E-state index contributed by atoms with van der Waals surface area (Å²) in [6.45, 7) is 3.44. The second kappa shape index (κ2) is 12.8. The molecule has 1 aliphatic heterocycles. The molecule has 1 aliphatic rings. The maximum absolute atomic E-state index is 13.4. The Hall–Kier alpha value is -3.35. The number of nitrogens with two attached hydrogens (primary N) is 1. The Labute approximate surface area is 201 Å². The Morgan fingerprint density at radius 3 is 2.32 bits per heavy atom. The van der Waals surface area contributed by atoms with Crippen LogP contribution in [0.15, 0.2) is 54.6 Å². The zero-order chi connectivity index (χ0) is 24.3. The van der Waals surface area contributed by atoms with Crippen LogP contribution in [0.2, 0.25) is 0 Å². The van der Waals surface area contributed by atoms with Crippen LogP contribution in [-0.4, -0.2) is 35.7 Å². The molecule has 0 aromatic heterocycles. The van der Waals surface area contributed by atoms with Crippen molar-refractivity contribution in [2.75, 3.05) is 13.1 Å². The van der Waals surface area contributed by atoms with Crippen LogP contribution in [-0.2, 0) is 21.0 Å². The monoisotopic (exact) mass is 465 g/mol. The molecule has 7 heteroatoms. The molecule has 2 aromatic rings. The maximum Gasteiger partial charge on any atom is 0.249 e. The Balaban J connectivity index is 1.68. The number of piperidine rings is 1. The average Bonchev–Trinajstić information content (AvgIpc) is 2.87. The lowest BCUT2D eigenvalue weighted by Gasteiger charge is -2.33. The topological polar surface area (TPSA) is 102 Å². The fourth-order valence-corrected chi connectivity index (χ4v) is 4.12. The van der Waals surface area contributed by atoms with Crippen molar-refractivity contribution in [3.8, 4) is 5.75 Å². The largest absolute Gasteiger partial charge is 0.489 e. The lowest BCUT2D eigenvalue weighted by atomic mass is 9.95. The summed E-state index contributed by atoms with van der Waals surface area (Å²) in [5.74, 6) is -0.130. The lowest BCUT2D eigenvalue weighted by molar-refractivity contribution is -0.139. The smallest absolute Gasteiger partial charge is 0.249 e. The molecule has 3 amide bonds. The van der Waals surface area contributed by atoms with Crippen LogP contribution in [0.4, 0.5) is 0 Å². The number of benzene rings is 2. The molecule has 7 nitrogen and oxygen atoms in total. The van der Waals surface area contributed by atoms with Gasteiger partial charge < -0.3 is 20.7 Å². The average molecular weight is 466 g/mol. The van der Waals surface area contributed by atoms with E-state index in [4.69, 9.17) is 10.5 Å². The molecule has 2 aromatic carbocycles. The molecule has 0 saturated carbocycles. The Kier molecular flexibility index (Phi) is 9.50. The summed E-state index contributed by atoms with van der Waals surface area (Å²) in [7, 11) is 0. The SMILES string of the molecule is CCCCCC(=O)N[C@H](C(=O)N1CCC(C(N)=O)CC1)c1ccc(OCc2ccccc2)cc1. The van der Waals surface area contributed by atoms with E-state index in [9.17, 15) is 14.4 Å². The Morgan fingerprint density at radius 1 is 1.03 bits per heavy atom. The van der Waals surface area contributed by atoms with E-state index in [-0.39, 0.29) is 23.6 Å². The normalized spacial score (nSPS) is 14.9. The molecule has 1 saturated heterocycles. The van der Waals surface area contributed by atoms with Crippen LogP contribution >= 0.6 is 0 Å². The third-order valence-electron chi connectivity index (χ3n) is 6.23. The first kappa shape index (κ1) is 25.3. The van der Waals surface area contributed by atoms with Crippen molar-refractivity contribution in [2.45, 2.75) is 58.1 Å². The molecule has 0 aliphatic carbocycles. The second-order valence-electron chi connectivity index (χ2n) is 8.80. The highest BCUT2D eigenvalue weighted by Gasteiger charge is 2.31. The first-order chi connectivity index (χ1) is 16.5. The minimum absolute atomic E-state index is 0.136. The fourth-order valence-electron chi connectivity index (χ4n) is 4.12. The van der Waals surface area contributed by atoms with Crippen LogP contribution in [0.3, 0.4) is 0 Å². The van der Waals surface area contributed by atoms with Gasteiger partial charge in [0.05, 0.1) is 0 Å². The number of primary amides is 1. The number of nitrogens with zero attached hydrogens (tertiary/aromatic N) is 1. The molecule has 0 radical (unpaired) electrons. The van der Waals surface area contributed by atoms with E-state index in [1.165, 1.54) is 0 Å². The molecule has 3 rings (SSSR count). The van der Waals surface area contributed by atoms with Gasteiger partial charge in [-0.3, -0.25) is 14.4 Å². The van der Waals surface area contributed by atoms with Gasteiger partial charge in [0.15, 0.2) is 0 Å². The highest BCUT2D eigenvalue weighted by Crippen LogP contribution is 2.24. The summed E-state index contributed by atoms with van der Waals surface area (Å²) in [5, 5.41) is 2.94. The van der Waals surface area contributed by atoms with Crippen molar-refractivity contribution in [2.24, 2.45) is 11.7 Å². The van der Waals surface area contributed by atoms with Crippen molar-refractivity contribution < 1.29 is 19.1 Å². The maximum atomic E-state index is 13.4. The Bertz CT molecular complexity index is 938. The molecule has 34 heavy (non-hydrogen) atoms. The minimum Gasteiger partial charge on any atom is -0.489 e. The van der Waals surface area contributed by atoms with Gasteiger partial charge >= 0.3 is 0 Å². The van der Waals surface area contributed by atoms with Gasteiger partial charge in [-0.15, -0.1) is 0 Å². The summed E-state index contributed by atoms with van der Waals surface area (Å²) < 4.78 is 5.86. The van der Waals surface area contributed by atoms with Crippen molar-refractivity contribution in [1.82, 2.24) is 10.2 Å². The van der Waals surface area contributed by atoms with Crippen LogP contribution in [0.25, 0.3) is 0 Å². The Morgan fingerprint density at radius 2 is 1.71 bits per heavy atom. The van der Waals surface area contributed by atoms with E-state index >= 15 is 0 Å². The number of carbonyl (C=O) groups excluding carboxylic acids is 3. The molecule has 1 fully saturated rings. The van der Waals surface area contributed by atoms with Gasteiger partial charge in [-0.05, 0) is 42.5 Å². The first-order valence-electron chi connectivity index (χ1n) is 12.1. The van der Waals surface area contributed by atoms with Crippen molar-refractivity contribution in [3.05, 3.63) is 65.7 Å². The highest BCUT2D eigenvalue weighted by atomic mass is 16.5. The zero-order valence-electron chi connectivity index (χ0n) is 19.9. The standard InChI is InChI=1S/C27H35N3O4/c1-2-3-5-10-24(31)29-25(27(33)30-17-15-22(16-18-30)26(28)32)21-11-13-23(14-12-21)34-19-20-8-6-4-7-9-20/h4,6-9,11-14,22,25H,2-3,5,10,15-19H2,1H3,(H2,28,32)(H,29,31)/t25-/m0/s1. The van der Waals surface area contributed by atoms with E-state index in [1.54, 1.807) is 4.90 Å². The molecular formula is C27H35N3O4. The van der Waals surface area contributed by atoms with Crippen LogP contribution in [0.1, 0.15) is 62.6 Å². The van der Waals surface area contributed by atoms with E-state index in [0.717, 1.165) is 24.8 Å². The summed E-state index contributed by atoms with van der Waals surface area (Å²) in [6.07, 6.45) is 4.27. The molecule has 0 bridgehead atoms. The van der Waals surface area contributed by atoms with E-state index in [0.29, 0.717) is 50.3 Å². The molecule has 1 heterocycles. The molecule has 3 N–H and O–H groups in total. The van der Waals surface area contributed by atoms with Gasteiger partial charge in [-0.25, -0.2) is 0 Å². The number of carbonyl (C=O) groups is 3. The molecule has 182 valence electrons. The predicted molar refractivity (Wildman–Crippen MR) is 131 cm³/mol. The van der Waals surface area contributed by atoms with E-state index in [2.05, 4.69) is 12.2 Å². The van der Waals surface area contributed by atoms with Crippen molar-refractivity contribution in [3.63, 3.8) is 0 Å². The number of nitrogens with one attached hydrogen (secondary N) is 1. The summed E-state index contributed by atoms with van der Waals surface area (Å²) >= 11 is 0. The van der Waals surface area contributed by atoms with Crippen molar-refractivity contribution >= 4 is 17.7 Å². The van der Waals surface area contributed by atoms with Gasteiger partial charge in [0, 0.05) is 25.4 Å². The number of likely N-dealkylation sites (tertiary alicyclic amines) is 1. The second-order valence-corrected chi connectivity index (χ2v) is 8.80. The lowest BCUT2D eigenvalue weighted by Crippen LogP contribution is -2.47. The zero-order valence-corrected chi connectivity index (χ0v) is 19.9. The third kappa shape index (κ3) is 7.33. The quantitative estimate of drug-likeness (QED) is 0.494. The van der Waals surface area contributed by atoms with Crippen molar-refractivity contribution in [1.29, 1.82) is 0 Å². The minimum atomic E-state index is -0.776. The molecule has 0 unspecified atom stereocenters. The number of amides is 3. The van der Waals surface area contributed by atoms with Crippen LogP contribution in [0.5, 0.6) is 5.75 Å². The number of hydrogen-bond donors (Lipinski definition) is 2. The highest BCUT2D eigenvalue weighted by molar-refractivity contribution is 5.89. The number of rotatable bonds is 11. The molecular weight excluding hydrogens is 430 g/mol. The van der Waals surface area contributed by atoms with Gasteiger partial charge in [0.25, 0.3) is 0 Å². The van der Waals surface area contributed by atoms with Gasteiger partial charge in [0.2, 0.25) is 17.7 Å². The number of ether oxygens (including phenoxy) is 1. The molecule has 0 spiro atoms. The first-order valence-corrected chi connectivity index (χ1v) is 12.1. The number of hydrogen-bond acceptors (Lipinski definition) is 4. The van der Waals surface area contributed by atoms with E-state index in [1.807, 2.05) is 54.6 Å². The van der Waals surface area contributed by atoms with Crippen LogP contribution in [0, 0.1) is 5.92 Å². The van der Waals surface area contributed by atoms with Gasteiger partial charge in [0.1, 0.15) is 18.4 Å². The fraction of sp³-hybridized carbons (Fsp3) is 0.444. The summed E-state index contributed by atoms with van der Waals surface area (Å²) in [6, 6.07) is 16.4. The van der Waals surface area contributed by atoms with E-state index < -0.39 is 6.04 Å². The predicted octanol–water partition coefficient (Wildman–Crippen LogP) is 3.73. The number of unbranched alkanes of at least 4 members (excludes halogenated alkanes) is 2. The van der Waals surface area contributed by atoms with Crippen LogP contribution < -0.4 is 15.8 Å². The summed E-state index contributed by atoms with van der Waals surface area (Å²) in [4.78, 5) is 39.2. The van der Waals surface area contributed by atoms with Gasteiger partial charge in [-0.1, -0.05) is 62.2 Å². The van der Waals surface area contributed by atoms with Gasteiger partial charge in [-0.2, -0.15) is 0 Å². The summed E-state index contributed by atoms with van der Waals surface area (Å²) in [5.41, 5.74) is 7.20. The third-order valence-corrected chi connectivity index (χ3v) is 6.23.